The molecule has 1 unspecified atom stereocenters. The second-order valence-electron chi connectivity index (χ2n) is 4.00. The predicted molar refractivity (Wildman–Crippen MR) is 77.3 cm³/mol. The number of rotatable bonds is 6. The van der Waals surface area contributed by atoms with Gasteiger partial charge in [0.05, 0.1) is 0 Å². The lowest BCUT2D eigenvalue weighted by molar-refractivity contribution is -0.119. The molecule has 2 N–H and O–H groups in total. The van der Waals surface area contributed by atoms with Gasteiger partial charge >= 0.3 is 0 Å². The van der Waals surface area contributed by atoms with Crippen LogP contribution >= 0.6 is 23.4 Å². The summed E-state index contributed by atoms with van der Waals surface area (Å²) in [6.45, 7) is 1.83. The van der Waals surface area contributed by atoms with Crippen molar-refractivity contribution in [3.63, 3.8) is 0 Å². The second kappa shape index (κ2) is 8.19. The third-order valence-electron chi connectivity index (χ3n) is 2.33. The van der Waals surface area contributed by atoms with Gasteiger partial charge in [0.15, 0.2) is 0 Å². The van der Waals surface area contributed by atoms with E-state index in [0.29, 0.717) is 17.3 Å². The van der Waals surface area contributed by atoms with Gasteiger partial charge in [0.2, 0.25) is 11.0 Å². The number of halogens is 1. The van der Waals surface area contributed by atoms with Crippen LogP contribution in [0.1, 0.15) is 12.5 Å². The molecule has 0 aromatic heterocycles. The quantitative estimate of drug-likeness (QED) is 0.784. The van der Waals surface area contributed by atoms with Gasteiger partial charge in [0.25, 0.3) is 0 Å². The first-order valence-electron chi connectivity index (χ1n) is 5.82. The Labute approximate surface area is 121 Å². The average Bonchev–Trinajstić information content (AvgIpc) is 2.36. The summed E-state index contributed by atoms with van der Waals surface area (Å²) < 4.78 is 0. The maximum atomic E-state index is 11.6. The lowest BCUT2D eigenvalue weighted by atomic mass is 10.1. The molecule has 1 rings (SSSR count). The summed E-state index contributed by atoms with van der Waals surface area (Å²) in [4.78, 5) is 22.3. The summed E-state index contributed by atoms with van der Waals surface area (Å²) >= 11 is 6.77. The van der Waals surface area contributed by atoms with Crippen LogP contribution in [0.3, 0.4) is 0 Å². The third-order valence-corrected chi connectivity index (χ3v) is 3.55. The molecule has 0 aliphatic rings. The van der Waals surface area contributed by atoms with E-state index in [4.69, 9.17) is 11.6 Å². The van der Waals surface area contributed by atoms with Crippen LogP contribution in [-0.2, 0) is 16.0 Å². The second-order valence-corrected chi connectivity index (χ2v) is 5.53. The largest absolute Gasteiger partial charge is 0.384 e. The molecule has 6 heteroatoms. The van der Waals surface area contributed by atoms with Crippen molar-refractivity contribution in [3.05, 3.63) is 34.9 Å². The standard InChI is InChI=1S/C13H16ClNO3S/c1-9(16)15-6-7-19-13(18)12(17)8-10-2-4-11(14)5-3-10/h2-5,12,17H,6-8H2,1H3,(H,15,16). The molecule has 0 fully saturated rings. The number of aliphatic hydroxyl groups is 1. The van der Waals surface area contributed by atoms with E-state index in [-0.39, 0.29) is 17.4 Å². The molecule has 0 spiro atoms. The highest BCUT2D eigenvalue weighted by atomic mass is 35.5. The number of amides is 1. The van der Waals surface area contributed by atoms with Gasteiger partial charge in [-0.15, -0.1) is 0 Å². The molecular weight excluding hydrogens is 286 g/mol. The minimum absolute atomic E-state index is 0.130. The highest BCUT2D eigenvalue weighted by Crippen LogP contribution is 2.14. The zero-order chi connectivity index (χ0) is 14.3. The molecule has 1 aromatic carbocycles. The Hall–Kier alpha value is -1.04. The van der Waals surface area contributed by atoms with E-state index in [1.165, 1.54) is 6.92 Å². The highest BCUT2D eigenvalue weighted by Gasteiger charge is 2.15. The Bertz CT molecular complexity index is 436. The van der Waals surface area contributed by atoms with Crippen molar-refractivity contribution in [1.29, 1.82) is 0 Å². The molecule has 0 bridgehead atoms. The molecule has 0 saturated carbocycles. The number of hydrogen-bond acceptors (Lipinski definition) is 4. The normalized spacial score (nSPS) is 11.9. The van der Waals surface area contributed by atoms with Crippen molar-refractivity contribution >= 4 is 34.4 Å². The van der Waals surface area contributed by atoms with E-state index in [2.05, 4.69) is 5.32 Å². The predicted octanol–water partition coefficient (Wildman–Crippen LogP) is 1.64. The smallest absolute Gasteiger partial charge is 0.217 e. The molecule has 0 saturated heterocycles. The van der Waals surface area contributed by atoms with E-state index in [1.54, 1.807) is 24.3 Å². The van der Waals surface area contributed by atoms with Gasteiger partial charge in [-0.05, 0) is 17.7 Å². The van der Waals surface area contributed by atoms with Crippen LogP contribution in [0.15, 0.2) is 24.3 Å². The zero-order valence-electron chi connectivity index (χ0n) is 10.6. The van der Waals surface area contributed by atoms with Crippen LogP contribution in [0.5, 0.6) is 0 Å². The summed E-state index contributed by atoms with van der Waals surface area (Å²) in [6, 6.07) is 7.00. The number of hydrogen-bond donors (Lipinski definition) is 2. The molecule has 0 aliphatic carbocycles. The van der Waals surface area contributed by atoms with Crippen LogP contribution in [0.25, 0.3) is 0 Å². The number of nitrogens with one attached hydrogen (secondary N) is 1. The first-order valence-corrected chi connectivity index (χ1v) is 7.19. The molecule has 0 radical (unpaired) electrons. The van der Waals surface area contributed by atoms with Crippen molar-refractivity contribution < 1.29 is 14.7 Å². The highest BCUT2D eigenvalue weighted by molar-refractivity contribution is 8.13. The maximum Gasteiger partial charge on any atom is 0.217 e. The van der Waals surface area contributed by atoms with Crippen LogP contribution in [-0.4, -0.2) is 34.5 Å². The Kier molecular flexibility index (Phi) is 6.91. The lowest BCUT2D eigenvalue weighted by Gasteiger charge is -2.09. The molecular formula is C13H16ClNO3S. The SMILES string of the molecule is CC(=O)NCCSC(=O)C(O)Cc1ccc(Cl)cc1. The monoisotopic (exact) mass is 301 g/mol. The fraction of sp³-hybridized carbons (Fsp3) is 0.385. The summed E-state index contributed by atoms with van der Waals surface area (Å²) in [5, 5.41) is 12.7. The molecule has 4 nitrogen and oxygen atoms in total. The van der Waals surface area contributed by atoms with E-state index in [9.17, 15) is 14.7 Å². The van der Waals surface area contributed by atoms with Crippen LogP contribution in [0, 0.1) is 0 Å². The number of aliphatic hydroxyl groups excluding tert-OH is 1. The minimum Gasteiger partial charge on any atom is -0.384 e. The molecule has 0 aliphatic heterocycles. The fourth-order valence-electron chi connectivity index (χ4n) is 1.40. The summed E-state index contributed by atoms with van der Waals surface area (Å²) in [7, 11) is 0. The van der Waals surface area contributed by atoms with E-state index in [1.807, 2.05) is 0 Å². The van der Waals surface area contributed by atoms with E-state index in [0.717, 1.165) is 17.3 Å². The van der Waals surface area contributed by atoms with Gasteiger partial charge in [-0.1, -0.05) is 35.5 Å². The summed E-state index contributed by atoms with van der Waals surface area (Å²) in [5.74, 6) is 0.325. The zero-order valence-corrected chi connectivity index (χ0v) is 12.1. The van der Waals surface area contributed by atoms with Crippen LogP contribution < -0.4 is 5.32 Å². The summed E-state index contributed by atoms with van der Waals surface area (Å²) in [6.07, 6.45) is -0.771. The first-order chi connectivity index (χ1) is 8.99. The number of carbonyl (C=O) groups is 2. The maximum absolute atomic E-state index is 11.6. The van der Waals surface area contributed by atoms with Gasteiger partial charge in [-0.2, -0.15) is 0 Å². The van der Waals surface area contributed by atoms with Crippen molar-refractivity contribution in [2.75, 3.05) is 12.3 Å². The topological polar surface area (TPSA) is 66.4 Å². The van der Waals surface area contributed by atoms with Crippen molar-refractivity contribution in [3.8, 4) is 0 Å². The number of carbonyl (C=O) groups excluding carboxylic acids is 2. The Morgan fingerprint density at radius 1 is 1.37 bits per heavy atom. The van der Waals surface area contributed by atoms with Gasteiger partial charge in [0.1, 0.15) is 6.10 Å². The molecule has 104 valence electrons. The average molecular weight is 302 g/mol. The van der Waals surface area contributed by atoms with E-state index < -0.39 is 6.10 Å². The molecule has 1 amide bonds. The molecule has 1 atom stereocenters. The molecule has 19 heavy (non-hydrogen) atoms. The fourth-order valence-corrected chi connectivity index (χ4v) is 2.21. The van der Waals surface area contributed by atoms with Crippen molar-refractivity contribution in [1.82, 2.24) is 5.32 Å². The Morgan fingerprint density at radius 3 is 2.58 bits per heavy atom. The van der Waals surface area contributed by atoms with Crippen LogP contribution in [0.4, 0.5) is 0 Å². The van der Waals surface area contributed by atoms with Crippen LogP contribution in [0.2, 0.25) is 5.02 Å². The first kappa shape index (κ1) is 16.0. The van der Waals surface area contributed by atoms with Crippen molar-refractivity contribution in [2.24, 2.45) is 0 Å². The van der Waals surface area contributed by atoms with Gasteiger partial charge in [-0.25, -0.2) is 0 Å². The van der Waals surface area contributed by atoms with Gasteiger partial charge < -0.3 is 10.4 Å². The van der Waals surface area contributed by atoms with Gasteiger partial charge in [-0.3, -0.25) is 9.59 Å². The molecule has 0 heterocycles. The molecule has 1 aromatic rings. The summed E-state index contributed by atoms with van der Waals surface area (Å²) in [5.41, 5.74) is 0.854. The van der Waals surface area contributed by atoms with E-state index >= 15 is 0 Å². The Morgan fingerprint density at radius 2 is 2.00 bits per heavy atom. The minimum atomic E-state index is -1.04. The Balaban J connectivity index is 2.32. The van der Waals surface area contributed by atoms with Crippen molar-refractivity contribution in [2.45, 2.75) is 19.4 Å². The number of benzene rings is 1. The number of thioether (sulfide) groups is 1. The van der Waals surface area contributed by atoms with Gasteiger partial charge in [0, 0.05) is 30.7 Å². The lowest BCUT2D eigenvalue weighted by Crippen LogP contribution is -2.25. The third kappa shape index (κ3) is 6.61.